The SMILES string of the molecule is CC1(C)C=C(CN2C(=O)c3ccccc3C2=O)C(C)(C)N1O. The lowest BCUT2D eigenvalue weighted by Crippen LogP contribution is -2.49. The summed E-state index contributed by atoms with van der Waals surface area (Å²) in [7, 11) is 0. The number of carbonyl (C=O) groups excluding carboxylic acids is 2. The summed E-state index contributed by atoms with van der Waals surface area (Å²) in [6, 6.07) is 6.85. The Morgan fingerprint density at radius 2 is 1.50 bits per heavy atom. The van der Waals surface area contributed by atoms with Gasteiger partial charge >= 0.3 is 0 Å². The van der Waals surface area contributed by atoms with Gasteiger partial charge in [0.25, 0.3) is 11.8 Å². The Balaban J connectivity index is 1.93. The van der Waals surface area contributed by atoms with Crippen LogP contribution in [0, 0.1) is 0 Å². The molecule has 2 aliphatic heterocycles. The third-order valence-corrected chi connectivity index (χ3v) is 4.60. The summed E-state index contributed by atoms with van der Waals surface area (Å²) in [5, 5.41) is 11.6. The van der Waals surface area contributed by atoms with E-state index in [1.807, 2.05) is 33.8 Å². The molecule has 1 aromatic carbocycles. The lowest BCUT2D eigenvalue weighted by molar-refractivity contribution is -0.185. The molecule has 0 fully saturated rings. The monoisotopic (exact) mass is 300 g/mol. The number of nitrogens with zero attached hydrogens (tertiary/aromatic N) is 2. The van der Waals surface area contributed by atoms with Crippen LogP contribution in [-0.4, -0.2) is 44.6 Å². The van der Waals surface area contributed by atoms with Crippen LogP contribution in [0.25, 0.3) is 0 Å². The van der Waals surface area contributed by atoms with E-state index in [0.29, 0.717) is 11.1 Å². The highest BCUT2D eigenvalue weighted by atomic mass is 16.5. The zero-order valence-corrected chi connectivity index (χ0v) is 13.3. The Labute approximate surface area is 129 Å². The van der Waals surface area contributed by atoms with E-state index >= 15 is 0 Å². The Bertz CT molecular complexity index is 669. The molecule has 0 saturated heterocycles. The Kier molecular flexibility index (Phi) is 3.06. The predicted molar refractivity (Wildman–Crippen MR) is 81.7 cm³/mol. The second-order valence-electron chi connectivity index (χ2n) is 6.94. The third-order valence-electron chi connectivity index (χ3n) is 4.60. The molecule has 5 heteroatoms. The minimum absolute atomic E-state index is 0.194. The van der Waals surface area contributed by atoms with Crippen molar-refractivity contribution in [2.24, 2.45) is 0 Å². The van der Waals surface area contributed by atoms with Crippen molar-refractivity contribution in [3.05, 3.63) is 47.0 Å². The molecule has 0 saturated carbocycles. The summed E-state index contributed by atoms with van der Waals surface area (Å²) in [5.74, 6) is -0.544. The van der Waals surface area contributed by atoms with Crippen molar-refractivity contribution in [3.63, 3.8) is 0 Å². The van der Waals surface area contributed by atoms with Crippen LogP contribution in [0.5, 0.6) is 0 Å². The van der Waals surface area contributed by atoms with Gasteiger partial charge in [0.1, 0.15) is 0 Å². The molecule has 0 radical (unpaired) electrons. The van der Waals surface area contributed by atoms with Crippen molar-refractivity contribution in [2.75, 3.05) is 6.54 Å². The van der Waals surface area contributed by atoms with E-state index in [1.165, 1.54) is 9.96 Å². The molecule has 1 N–H and O–H groups in total. The quantitative estimate of drug-likeness (QED) is 0.673. The van der Waals surface area contributed by atoms with Gasteiger partial charge in [-0.25, -0.2) is 0 Å². The van der Waals surface area contributed by atoms with E-state index in [-0.39, 0.29) is 18.4 Å². The van der Waals surface area contributed by atoms with Crippen molar-refractivity contribution in [2.45, 2.75) is 38.8 Å². The van der Waals surface area contributed by atoms with Crippen LogP contribution in [0.4, 0.5) is 0 Å². The van der Waals surface area contributed by atoms with Crippen LogP contribution in [-0.2, 0) is 0 Å². The molecular formula is C17H20N2O3. The molecule has 0 spiro atoms. The van der Waals surface area contributed by atoms with Gasteiger partial charge in [0.2, 0.25) is 0 Å². The summed E-state index contributed by atoms with van der Waals surface area (Å²) in [6.45, 7) is 7.74. The molecule has 2 aliphatic rings. The number of hydrogen-bond donors (Lipinski definition) is 1. The third kappa shape index (κ3) is 1.93. The normalized spacial score (nSPS) is 23.0. The van der Waals surface area contributed by atoms with Crippen molar-refractivity contribution in [3.8, 4) is 0 Å². The van der Waals surface area contributed by atoms with Crippen LogP contribution < -0.4 is 0 Å². The van der Waals surface area contributed by atoms with Gasteiger partial charge in [-0.3, -0.25) is 14.5 Å². The first-order valence-corrected chi connectivity index (χ1v) is 7.33. The molecule has 2 heterocycles. The zero-order chi connectivity index (χ0) is 16.3. The summed E-state index contributed by atoms with van der Waals surface area (Å²) in [4.78, 5) is 26.2. The Morgan fingerprint density at radius 1 is 1.00 bits per heavy atom. The van der Waals surface area contributed by atoms with Gasteiger partial charge in [-0.2, -0.15) is 5.06 Å². The molecule has 0 unspecified atom stereocenters. The fraction of sp³-hybridized carbons (Fsp3) is 0.412. The van der Waals surface area contributed by atoms with E-state index in [2.05, 4.69) is 0 Å². The van der Waals surface area contributed by atoms with E-state index in [4.69, 9.17) is 0 Å². The molecule has 5 nitrogen and oxygen atoms in total. The fourth-order valence-corrected chi connectivity index (χ4v) is 3.31. The molecule has 2 amide bonds. The fourth-order valence-electron chi connectivity index (χ4n) is 3.31. The largest absolute Gasteiger partial charge is 0.312 e. The summed E-state index contributed by atoms with van der Waals surface area (Å²) in [6.07, 6.45) is 1.93. The first-order valence-electron chi connectivity index (χ1n) is 7.33. The van der Waals surface area contributed by atoms with E-state index in [0.717, 1.165) is 5.57 Å². The predicted octanol–water partition coefficient (Wildman–Crippen LogP) is 2.47. The minimum atomic E-state index is -0.626. The van der Waals surface area contributed by atoms with Crippen molar-refractivity contribution >= 4 is 11.8 Å². The lowest BCUT2D eigenvalue weighted by Gasteiger charge is -2.36. The standard InChI is InChI=1S/C17H20N2O3/c1-16(2)9-11(17(3,4)19(16)22)10-18-14(20)12-7-5-6-8-13(12)15(18)21/h5-9,22H,10H2,1-4H3. The molecule has 22 heavy (non-hydrogen) atoms. The maximum Gasteiger partial charge on any atom is 0.261 e. The number of hydrogen-bond acceptors (Lipinski definition) is 4. The topological polar surface area (TPSA) is 60.9 Å². The van der Waals surface area contributed by atoms with Crippen LogP contribution in [0.3, 0.4) is 0 Å². The second-order valence-corrected chi connectivity index (χ2v) is 6.94. The number of amides is 2. The minimum Gasteiger partial charge on any atom is -0.312 e. The highest BCUT2D eigenvalue weighted by molar-refractivity contribution is 6.21. The van der Waals surface area contributed by atoms with Crippen molar-refractivity contribution in [1.29, 1.82) is 0 Å². The maximum atomic E-state index is 12.5. The van der Waals surface area contributed by atoms with Gasteiger partial charge in [-0.1, -0.05) is 18.2 Å². The highest BCUT2D eigenvalue weighted by Crippen LogP contribution is 2.39. The number of imide groups is 1. The van der Waals surface area contributed by atoms with Gasteiger partial charge in [0.15, 0.2) is 0 Å². The van der Waals surface area contributed by atoms with E-state index in [9.17, 15) is 14.8 Å². The van der Waals surface area contributed by atoms with Crippen molar-refractivity contribution < 1.29 is 14.8 Å². The first kappa shape index (κ1) is 14.9. The van der Waals surface area contributed by atoms with E-state index < -0.39 is 11.1 Å². The van der Waals surface area contributed by atoms with Crippen LogP contribution in [0.15, 0.2) is 35.9 Å². The summed E-state index contributed by atoms with van der Waals surface area (Å²) >= 11 is 0. The van der Waals surface area contributed by atoms with Gasteiger partial charge in [0.05, 0.1) is 28.7 Å². The molecule has 1 aromatic rings. The smallest absolute Gasteiger partial charge is 0.261 e. The average molecular weight is 300 g/mol. The van der Waals surface area contributed by atoms with Crippen LogP contribution in [0.2, 0.25) is 0 Å². The van der Waals surface area contributed by atoms with Gasteiger partial charge in [-0.15, -0.1) is 0 Å². The van der Waals surface area contributed by atoms with Gasteiger partial charge in [-0.05, 0) is 45.4 Å². The molecular weight excluding hydrogens is 280 g/mol. The number of rotatable bonds is 2. The van der Waals surface area contributed by atoms with Crippen molar-refractivity contribution in [1.82, 2.24) is 9.96 Å². The lowest BCUT2D eigenvalue weighted by atomic mass is 9.96. The maximum absolute atomic E-state index is 12.5. The first-order chi connectivity index (χ1) is 10.2. The van der Waals surface area contributed by atoms with Gasteiger partial charge < -0.3 is 5.21 Å². The molecule has 3 rings (SSSR count). The van der Waals surface area contributed by atoms with E-state index in [1.54, 1.807) is 24.3 Å². The summed E-state index contributed by atoms with van der Waals surface area (Å²) in [5.41, 5.74) is 0.596. The average Bonchev–Trinajstić information content (AvgIpc) is 2.78. The number of carbonyl (C=O) groups is 2. The molecule has 0 aromatic heterocycles. The molecule has 116 valence electrons. The zero-order valence-electron chi connectivity index (χ0n) is 13.3. The number of benzene rings is 1. The highest BCUT2D eigenvalue weighted by Gasteiger charge is 2.47. The van der Waals surface area contributed by atoms with Gasteiger partial charge in [0, 0.05) is 0 Å². The second kappa shape index (κ2) is 4.51. The van der Waals surface area contributed by atoms with Crippen LogP contribution in [0.1, 0.15) is 48.4 Å². The Hall–Kier alpha value is -1.98. The number of fused-ring (bicyclic) bond motifs is 1. The molecule has 0 aliphatic carbocycles. The summed E-state index contributed by atoms with van der Waals surface area (Å²) < 4.78 is 0. The molecule has 0 atom stereocenters. The Morgan fingerprint density at radius 3 is 1.91 bits per heavy atom. The number of hydroxylamine groups is 2. The molecule has 0 bridgehead atoms. The van der Waals surface area contributed by atoms with Crippen LogP contribution >= 0.6 is 0 Å².